The number of nitrogens with zero attached hydrogens (tertiary/aromatic N) is 6. The lowest BCUT2D eigenvalue weighted by atomic mass is 10.3. The van der Waals surface area contributed by atoms with Crippen molar-refractivity contribution in [1.82, 2.24) is 29.4 Å². The van der Waals surface area contributed by atoms with Gasteiger partial charge in [0.1, 0.15) is 11.6 Å². The number of aryl methyl sites for hydroxylation is 2. The molecule has 4 heterocycles. The molecule has 2 aliphatic rings. The van der Waals surface area contributed by atoms with Crippen LogP contribution in [0.1, 0.15) is 36.1 Å². The van der Waals surface area contributed by atoms with Gasteiger partial charge in [-0.05, 0) is 25.3 Å². The van der Waals surface area contributed by atoms with E-state index in [1.807, 2.05) is 6.20 Å². The first-order chi connectivity index (χ1) is 9.79. The third-order valence-corrected chi connectivity index (χ3v) is 4.40. The summed E-state index contributed by atoms with van der Waals surface area (Å²) in [5, 5.41) is 13.1. The van der Waals surface area contributed by atoms with E-state index in [-0.39, 0.29) is 0 Å². The van der Waals surface area contributed by atoms with E-state index in [2.05, 4.69) is 42.6 Å². The molecule has 0 amide bonds. The van der Waals surface area contributed by atoms with Crippen LogP contribution < -0.4 is 0 Å². The van der Waals surface area contributed by atoms with Gasteiger partial charge in [-0.15, -0.1) is 10.2 Å². The Kier molecular flexibility index (Phi) is 2.84. The predicted octanol–water partition coefficient (Wildman–Crippen LogP) is 1.18. The van der Waals surface area contributed by atoms with Gasteiger partial charge in [0.25, 0.3) is 0 Å². The van der Waals surface area contributed by atoms with Crippen molar-refractivity contribution in [1.29, 1.82) is 0 Å². The summed E-state index contributed by atoms with van der Waals surface area (Å²) in [6, 6.07) is 0.504. The summed E-state index contributed by atoms with van der Waals surface area (Å²) in [6.45, 7) is 6.28. The lowest BCUT2D eigenvalue weighted by Gasteiger charge is -2.15. The highest BCUT2D eigenvalue weighted by Gasteiger charge is 2.26. The van der Waals surface area contributed by atoms with Gasteiger partial charge in [0, 0.05) is 32.3 Å². The fourth-order valence-electron chi connectivity index (χ4n) is 3.33. The summed E-state index contributed by atoms with van der Waals surface area (Å²) in [5.74, 6) is 2.30. The largest absolute Gasteiger partial charge is 0.314 e. The minimum atomic E-state index is 0.504. The molecule has 0 N–H and O–H groups in total. The molecule has 0 bridgehead atoms. The molecule has 0 saturated carbocycles. The van der Waals surface area contributed by atoms with Gasteiger partial charge in [-0.1, -0.05) is 0 Å². The number of rotatable bonds is 3. The van der Waals surface area contributed by atoms with E-state index in [0.717, 1.165) is 38.4 Å². The van der Waals surface area contributed by atoms with E-state index in [1.54, 1.807) is 0 Å². The van der Waals surface area contributed by atoms with Crippen LogP contribution in [0, 0.1) is 6.92 Å². The molecule has 6 nitrogen and oxygen atoms in total. The smallest absolute Gasteiger partial charge is 0.147 e. The average molecular weight is 272 g/mol. The maximum absolute atomic E-state index is 4.44. The van der Waals surface area contributed by atoms with Crippen molar-refractivity contribution >= 4 is 0 Å². The molecule has 20 heavy (non-hydrogen) atoms. The molecule has 1 fully saturated rings. The highest BCUT2D eigenvalue weighted by Crippen LogP contribution is 2.23. The molecular formula is C14H20N6. The molecule has 4 rings (SSSR count). The Morgan fingerprint density at radius 1 is 1.30 bits per heavy atom. The van der Waals surface area contributed by atoms with Gasteiger partial charge in [-0.2, -0.15) is 5.10 Å². The van der Waals surface area contributed by atoms with Gasteiger partial charge in [-0.25, -0.2) is 0 Å². The molecule has 2 aromatic heterocycles. The highest BCUT2D eigenvalue weighted by molar-refractivity contribution is 5.03. The normalized spacial score (nSPS) is 22.6. The fraction of sp³-hybridized carbons (Fsp3) is 0.643. The summed E-state index contributed by atoms with van der Waals surface area (Å²) in [5.41, 5.74) is 1.23. The van der Waals surface area contributed by atoms with Gasteiger partial charge >= 0.3 is 0 Å². The van der Waals surface area contributed by atoms with E-state index >= 15 is 0 Å². The van der Waals surface area contributed by atoms with Crippen LogP contribution in [-0.4, -0.2) is 42.5 Å². The zero-order valence-electron chi connectivity index (χ0n) is 11.9. The molecule has 106 valence electrons. The molecule has 2 aliphatic heterocycles. The quantitative estimate of drug-likeness (QED) is 0.842. The van der Waals surface area contributed by atoms with Gasteiger partial charge < -0.3 is 4.57 Å². The Balaban J connectivity index is 1.43. The van der Waals surface area contributed by atoms with Crippen molar-refractivity contribution in [3.05, 3.63) is 29.6 Å². The number of hydrogen-bond acceptors (Lipinski definition) is 4. The fourth-order valence-corrected chi connectivity index (χ4v) is 3.33. The van der Waals surface area contributed by atoms with Crippen LogP contribution in [0.25, 0.3) is 0 Å². The first-order valence-corrected chi connectivity index (χ1v) is 7.43. The van der Waals surface area contributed by atoms with Crippen LogP contribution in [0.4, 0.5) is 0 Å². The summed E-state index contributed by atoms with van der Waals surface area (Å²) in [7, 11) is 0. The standard InChI is InChI=1S/C14H20N6/c1-11-7-15-20(8-11)12-4-6-18(9-12)10-14-17-16-13-3-2-5-19(13)14/h7-8,12H,2-6,9-10H2,1H3. The number of likely N-dealkylation sites (tertiary alicyclic amines) is 1. The minimum absolute atomic E-state index is 0.504. The minimum Gasteiger partial charge on any atom is -0.314 e. The molecular weight excluding hydrogens is 252 g/mol. The third kappa shape index (κ3) is 2.04. The number of fused-ring (bicyclic) bond motifs is 1. The Labute approximate surface area is 118 Å². The van der Waals surface area contributed by atoms with Crippen molar-refractivity contribution in [3.63, 3.8) is 0 Å². The second-order valence-corrected chi connectivity index (χ2v) is 5.96. The molecule has 0 aromatic carbocycles. The zero-order valence-corrected chi connectivity index (χ0v) is 11.9. The van der Waals surface area contributed by atoms with Crippen molar-refractivity contribution in [2.45, 2.75) is 45.3 Å². The second kappa shape index (κ2) is 4.70. The maximum Gasteiger partial charge on any atom is 0.147 e. The van der Waals surface area contributed by atoms with Gasteiger partial charge in [-0.3, -0.25) is 9.58 Å². The van der Waals surface area contributed by atoms with Crippen LogP contribution in [0.2, 0.25) is 0 Å². The summed E-state index contributed by atoms with van der Waals surface area (Å²) >= 11 is 0. The van der Waals surface area contributed by atoms with Crippen LogP contribution >= 0.6 is 0 Å². The first kappa shape index (κ1) is 12.1. The van der Waals surface area contributed by atoms with Crippen molar-refractivity contribution in [2.24, 2.45) is 0 Å². The average Bonchev–Trinajstić information content (AvgIpc) is 3.16. The lowest BCUT2D eigenvalue weighted by Crippen LogP contribution is -2.23. The van der Waals surface area contributed by atoms with E-state index < -0.39 is 0 Å². The summed E-state index contributed by atoms with van der Waals surface area (Å²) in [4.78, 5) is 2.47. The van der Waals surface area contributed by atoms with Crippen molar-refractivity contribution in [2.75, 3.05) is 13.1 Å². The molecule has 2 aromatic rings. The zero-order chi connectivity index (χ0) is 13.5. The Hall–Kier alpha value is -1.69. The van der Waals surface area contributed by atoms with Crippen molar-refractivity contribution in [3.8, 4) is 0 Å². The van der Waals surface area contributed by atoms with E-state index in [0.29, 0.717) is 6.04 Å². The Bertz CT molecular complexity index is 613. The summed E-state index contributed by atoms with van der Waals surface area (Å²) in [6.07, 6.45) is 7.55. The maximum atomic E-state index is 4.44. The molecule has 1 atom stereocenters. The van der Waals surface area contributed by atoms with E-state index in [1.165, 1.54) is 24.2 Å². The predicted molar refractivity (Wildman–Crippen MR) is 74.2 cm³/mol. The topological polar surface area (TPSA) is 51.8 Å². The number of hydrogen-bond donors (Lipinski definition) is 0. The highest BCUT2D eigenvalue weighted by atomic mass is 15.3. The summed E-state index contributed by atoms with van der Waals surface area (Å²) < 4.78 is 4.41. The van der Waals surface area contributed by atoms with Gasteiger partial charge in [0.15, 0.2) is 0 Å². The van der Waals surface area contributed by atoms with Crippen LogP contribution in [0.5, 0.6) is 0 Å². The molecule has 6 heteroatoms. The molecule has 1 unspecified atom stereocenters. The Morgan fingerprint density at radius 3 is 3.10 bits per heavy atom. The van der Waals surface area contributed by atoms with Gasteiger partial charge in [0.05, 0.1) is 18.8 Å². The molecule has 1 saturated heterocycles. The van der Waals surface area contributed by atoms with Crippen LogP contribution in [0.3, 0.4) is 0 Å². The van der Waals surface area contributed by atoms with Crippen molar-refractivity contribution < 1.29 is 0 Å². The second-order valence-electron chi connectivity index (χ2n) is 5.96. The third-order valence-electron chi connectivity index (χ3n) is 4.40. The number of aromatic nitrogens is 5. The van der Waals surface area contributed by atoms with Gasteiger partial charge in [0.2, 0.25) is 0 Å². The lowest BCUT2D eigenvalue weighted by molar-refractivity contribution is 0.299. The van der Waals surface area contributed by atoms with Crippen LogP contribution in [0.15, 0.2) is 12.4 Å². The van der Waals surface area contributed by atoms with Crippen LogP contribution in [-0.2, 0) is 19.5 Å². The molecule has 0 aliphatic carbocycles. The Morgan fingerprint density at radius 2 is 2.25 bits per heavy atom. The van der Waals surface area contributed by atoms with E-state index in [4.69, 9.17) is 0 Å². The monoisotopic (exact) mass is 272 g/mol. The van der Waals surface area contributed by atoms with E-state index in [9.17, 15) is 0 Å². The SMILES string of the molecule is Cc1cnn(C2CCN(Cc3nnc4n3CCC4)C2)c1. The first-order valence-electron chi connectivity index (χ1n) is 7.43. The molecule has 0 radical (unpaired) electrons. The molecule has 0 spiro atoms.